The number of carbonyl (C=O) groups excluding carboxylic acids is 1. The minimum atomic E-state index is -0.720. The van der Waals surface area contributed by atoms with Crippen molar-refractivity contribution < 1.29 is 14.3 Å². The van der Waals surface area contributed by atoms with Crippen LogP contribution in [0.3, 0.4) is 0 Å². The predicted octanol–water partition coefficient (Wildman–Crippen LogP) is 5.42. The fourth-order valence-electron chi connectivity index (χ4n) is 4.21. The molecule has 0 aliphatic heterocycles. The van der Waals surface area contributed by atoms with E-state index < -0.39 is 5.60 Å². The lowest BCUT2D eigenvalue weighted by Gasteiger charge is -2.37. The number of hydrogen-bond acceptors (Lipinski definition) is 3. The summed E-state index contributed by atoms with van der Waals surface area (Å²) in [7, 11) is 1.65. The molecule has 1 saturated carbocycles. The van der Waals surface area contributed by atoms with Crippen molar-refractivity contribution in [3.05, 3.63) is 59.2 Å². The molecule has 0 aromatic heterocycles. The molecule has 4 nitrogen and oxygen atoms in total. The van der Waals surface area contributed by atoms with E-state index in [0.717, 1.165) is 53.8 Å². The van der Waals surface area contributed by atoms with Crippen LogP contribution in [0.1, 0.15) is 49.3 Å². The summed E-state index contributed by atoms with van der Waals surface area (Å²) in [6, 6.07) is 14.1. The Morgan fingerprint density at radius 3 is 2.46 bits per heavy atom. The van der Waals surface area contributed by atoms with Crippen molar-refractivity contribution in [3.63, 3.8) is 0 Å². The Balaban J connectivity index is 1.72. The molecule has 2 aromatic rings. The number of rotatable bonds is 6. The van der Waals surface area contributed by atoms with Crippen LogP contribution in [-0.2, 0) is 16.1 Å². The van der Waals surface area contributed by atoms with Crippen LogP contribution in [0.2, 0.25) is 0 Å². The summed E-state index contributed by atoms with van der Waals surface area (Å²) in [5.41, 5.74) is 3.22. The molecule has 1 aliphatic rings. The van der Waals surface area contributed by atoms with Gasteiger partial charge in [0.15, 0.2) is 0 Å². The topological polar surface area (TPSA) is 47.6 Å². The van der Waals surface area contributed by atoms with Crippen LogP contribution < -0.4 is 10.1 Å². The number of methoxy groups -OCH3 is 1. The highest BCUT2D eigenvalue weighted by atomic mass is 16.5. The zero-order chi connectivity index (χ0) is 20.1. The first-order chi connectivity index (χ1) is 13.4. The lowest BCUT2D eigenvalue weighted by atomic mass is 9.78. The quantitative estimate of drug-likeness (QED) is 0.727. The van der Waals surface area contributed by atoms with Crippen molar-refractivity contribution in [2.24, 2.45) is 5.92 Å². The van der Waals surface area contributed by atoms with Gasteiger partial charge in [-0.15, -0.1) is 0 Å². The van der Waals surface area contributed by atoms with Crippen LogP contribution in [0.15, 0.2) is 42.5 Å². The van der Waals surface area contributed by atoms with Crippen LogP contribution in [0, 0.1) is 19.8 Å². The van der Waals surface area contributed by atoms with Gasteiger partial charge >= 0.3 is 0 Å². The molecule has 0 spiro atoms. The van der Waals surface area contributed by atoms with Crippen LogP contribution in [0.25, 0.3) is 0 Å². The average molecular weight is 382 g/mol. The van der Waals surface area contributed by atoms with Crippen molar-refractivity contribution in [2.45, 2.75) is 58.7 Å². The molecule has 0 bridgehead atoms. The Bertz CT molecular complexity index is 795. The summed E-state index contributed by atoms with van der Waals surface area (Å²) < 4.78 is 11.8. The highest BCUT2D eigenvalue weighted by Crippen LogP contribution is 2.36. The molecule has 0 unspecified atom stereocenters. The molecular weight excluding hydrogens is 350 g/mol. The molecule has 4 heteroatoms. The third-order valence-electron chi connectivity index (χ3n) is 5.70. The lowest BCUT2D eigenvalue weighted by molar-refractivity contribution is -0.143. The van der Waals surface area contributed by atoms with E-state index in [-0.39, 0.29) is 5.91 Å². The fourth-order valence-corrected chi connectivity index (χ4v) is 4.21. The Hall–Kier alpha value is -2.33. The zero-order valence-electron chi connectivity index (χ0n) is 17.4. The van der Waals surface area contributed by atoms with Crippen molar-refractivity contribution in [2.75, 3.05) is 12.4 Å². The Morgan fingerprint density at radius 1 is 1.18 bits per heavy atom. The van der Waals surface area contributed by atoms with Crippen molar-refractivity contribution >= 4 is 11.6 Å². The maximum absolute atomic E-state index is 13.0. The molecule has 0 heterocycles. The van der Waals surface area contributed by atoms with Gasteiger partial charge < -0.3 is 14.8 Å². The Labute approximate surface area is 168 Å². The highest BCUT2D eigenvalue weighted by molar-refractivity contribution is 5.97. The molecule has 0 radical (unpaired) electrons. The lowest BCUT2D eigenvalue weighted by Crippen LogP contribution is -2.47. The van der Waals surface area contributed by atoms with Gasteiger partial charge in [-0.25, -0.2) is 0 Å². The second-order valence-electron chi connectivity index (χ2n) is 8.07. The number of benzene rings is 2. The summed E-state index contributed by atoms with van der Waals surface area (Å²) in [5.74, 6) is 1.32. The molecule has 1 N–H and O–H groups in total. The molecule has 150 valence electrons. The average Bonchev–Trinajstić information content (AvgIpc) is 2.68. The van der Waals surface area contributed by atoms with E-state index in [4.69, 9.17) is 9.47 Å². The van der Waals surface area contributed by atoms with E-state index in [1.54, 1.807) is 7.11 Å². The van der Waals surface area contributed by atoms with Gasteiger partial charge in [0, 0.05) is 12.8 Å². The van der Waals surface area contributed by atoms with Gasteiger partial charge in [0.1, 0.15) is 18.0 Å². The Kier molecular flexibility index (Phi) is 6.40. The van der Waals surface area contributed by atoms with Gasteiger partial charge in [-0.3, -0.25) is 4.79 Å². The van der Waals surface area contributed by atoms with Gasteiger partial charge in [0.25, 0.3) is 5.91 Å². The minimum Gasteiger partial charge on any atom is -0.488 e. The van der Waals surface area contributed by atoms with E-state index in [2.05, 4.69) is 24.4 Å². The molecule has 2 aromatic carbocycles. The summed E-state index contributed by atoms with van der Waals surface area (Å²) in [6.07, 6.45) is 3.72. The molecule has 28 heavy (non-hydrogen) atoms. The largest absolute Gasteiger partial charge is 0.488 e. The number of nitrogens with one attached hydrogen (secondary N) is 1. The first-order valence-electron chi connectivity index (χ1n) is 10.1. The SMILES string of the molecule is CO[C@]1(C(=O)Nc2cc(C)c(OCc3ccccc3)c(C)c2)CCC[C@H](C)C1. The van der Waals surface area contributed by atoms with Crippen molar-refractivity contribution in [3.8, 4) is 5.75 Å². The number of aryl methyl sites for hydroxylation is 2. The van der Waals surface area contributed by atoms with Crippen LogP contribution in [0.4, 0.5) is 5.69 Å². The molecule has 0 saturated heterocycles. The smallest absolute Gasteiger partial charge is 0.256 e. The molecule has 1 aliphatic carbocycles. The second kappa shape index (κ2) is 8.78. The maximum Gasteiger partial charge on any atom is 0.256 e. The van der Waals surface area contributed by atoms with E-state index in [0.29, 0.717) is 12.5 Å². The second-order valence-corrected chi connectivity index (χ2v) is 8.07. The molecule has 1 fully saturated rings. The first kappa shape index (κ1) is 20.4. The Morgan fingerprint density at radius 2 is 1.86 bits per heavy atom. The van der Waals surface area contributed by atoms with E-state index >= 15 is 0 Å². The fraction of sp³-hybridized carbons (Fsp3) is 0.458. The number of hydrogen-bond donors (Lipinski definition) is 1. The van der Waals surface area contributed by atoms with Crippen molar-refractivity contribution in [1.82, 2.24) is 0 Å². The van der Waals surface area contributed by atoms with Crippen LogP contribution in [0.5, 0.6) is 5.75 Å². The predicted molar refractivity (Wildman–Crippen MR) is 113 cm³/mol. The van der Waals surface area contributed by atoms with E-state index in [9.17, 15) is 4.79 Å². The van der Waals surface area contributed by atoms with Crippen molar-refractivity contribution in [1.29, 1.82) is 0 Å². The van der Waals surface area contributed by atoms with Gasteiger partial charge in [0.05, 0.1) is 0 Å². The molecule has 1 amide bonds. The van der Waals surface area contributed by atoms with Crippen LogP contribution in [-0.4, -0.2) is 18.6 Å². The maximum atomic E-state index is 13.0. The minimum absolute atomic E-state index is 0.0432. The first-order valence-corrected chi connectivity index (χ1v) is 10.1. The standard InChI is InChI=1S/C24H31NO3/c1-17-9-8-12-24(15-17,27-4)23(26)25-21-13-18(2)22(19(3)14-21)28-16-20-10-6-5-7-11-20/h5-7,10-11,13-14,17H,8-9,12,15-16H2,1-4H3,(H,25,26)/t17-,24+/m0/s1. The number of amides is 1. The van der Waals surface area contributed by atoms with Gasteiger partial charge in [-0.1, -0.05) is 43.7 Å². The number of ether oxygens (including phenoxy) is 2. The molecular formula is C24H31NO3. The zero-order valence-corrected chi connectivity index (χ0v) is 17.4. The van der Waals surface area contributed by atoms with E-state index in [1.165, 1.54) is 0 Å². The summed E-state index contributed by atoms with van der Waals surface area (Å²) in [5, 5.41) is 3.09. The number of carbonyl (C=O) groups is 1. The summed E-state index contributed by atoms with van der Waals surface area (Å²) in [6.45, 7) is 6.74. The molecule has 2 atom stereocenters. The van der Waals surface area contributed by atoms with Crippen LogP contribution >= 0.6 is 0 Å². The van der Waals surface area contributed by atoms with E-state index in [1.807, 2.05) is 44.2 Å². The third kappa shape index (κ3) is 4.56. The molecule has 3 rings (SSSR count). The monoisotopic (exact) mass is 381 g/mol. The van der Waals surface area contributed by atoms with Gasteiger partial charge in [0.2, 0.25) is 0 Å². The third-order valence-corrected chi connectivity index (χ3v) is 5.70. The van der Waals surface area contributed by atoms with Gasteiger partial charge in [-0.2, -0.15) is 0 Å². The summed E-state index contributed by atoms with van der Waals surface area (Å²) >= 11 is 0. The van der Waals surface area contributed by atoms with Gasteiger partial charge in [-0.05, 0) is 67.9 Å². The number of anilines is 1. The normalized spacial score (nSPS) is 21.9. The highest BCUT2D eigenvalue weighted by Gasteiger charge is 2.42. The summed E-state index contributed by atoms with van der Waals surface area (Å²) in [4.78, 5) is 13.0.